The maximum absolute atomic E-state index is 12.7. The number of imidazole rings is 1. The first kappa shape index (κ1) is 17.4. The first-order valence-electron chi connectivity index (χ1n) is 9.16. The number of rotatable bonds is 4. The molecule has 9 heteroatoms. The molecule has 0 unspecified atom stereocenters. The molecule has 0 aromatic carbocycles. The van der Waals surface area contributed by atoms with E-state index in [0.717, 1.165) is 43.3 Å². The lowest BCUT2D eigenvalue weighted by molar-refractivity contribution is 0.0699. The normalized spacial score (nSPS) is 15.4. The Kier molecular flexibility index (Phi) is 4.51. The summed E-state index contributed by atoms with van der Waals surface area (Å²) in [5.74, 6) is 2.27. The zero-order valence-corrected chi connectivity index (χ0v) is 15.9. The van der Waals surface area contributed by atoms with Gasteiger partial charge in [0.2, 0.25) is 0 Å². The van der Waals surface area contributed by atoms with Crippen LogP contribution in [0.5, 0.6) is 0 Å². The average Bonchev–Trinajstić information content (AvgIpc) is 3.37. The summed E-state index contributed by atoms with van der Waals surface area (Å²) in [4.78, 5) is 18.7. The Balaban J connectivity index is 1.41. The van der Waals surface area contributed by atoms with Gasteiger partial charge in [-0.15, -0.1) is 10.2 Å². The van der Waals surface area contributed by atoms with Crippen molar-refractivity contribution in [2.45, 2.75) is 32.2 Å². The van der Waals surface area contributed by atoms with Gasteiger partial charge in [0.15, 0.2) is 5.82 Å². The first-order chi connectivity index (χ1) is 13.0. The fourth-order valence-corrected chi connectivity index (χ4v) is 3.73. The summed E-state index contributed by atoms with van der Waals surface area (Å²) in [5, 5.41) is 13.1. The predicted octanol–water partition coefficient (Wildman–Crippen LogP) is 1.12. The lowest BCUT2D eigenvalue weighted by Crippen LogP contribution is -2.39. The maximum atomic E-state index is 12.7. The molecule has 1 aliphatic heterocycles. The molecule has 0 radical (unpaired) electrons. The van der Waals surface area contributed by atoms with E-state index >= 15 is 0 Å². The summed E-state index contributed by atoms with van der Waals surface area (Å²) in [7, 11) is 3.83. The molecular weight excluding hydrogens is 344 g/mol. The molecule has 142 valence electrons. The fourth-order valence-electron chi connectivity index (χ4n) is 3.73. The number of amides is 1. The topological polar surface area (TPSA) is 86.7 Å². The maximum Gasteiger partial charge on any atom is 0.272 e. The van der Waals surface area contributed by atoms with Gasteiger partial charge in [0, 0.05) is 45.5 Å². The number of likely N-dealkylation sites (tertiary alicyclic amines) is 1. The van der Waals surface area contributed by atoms with E-state index in [0.29, 0.717) is 18.2 Å². The number of piperidine rings is 1. The summed E-state index contributed by atoms with van der Waals surface area (Å²) >= 11 is 0. The van der Waals surface area contributed by atoms with Crippen molar-refractivity contribution >= 4 is 5.91 Å². The second-order valence-corrected chi connectivity index (χ2v) is 7.13. The summed E-state index contributed by atoms with van der Waals surface area (Å²) in [6.45, 7) is 3.99. The van der Waals surface area contributed by atoms with Crippen LogP contribution < -0.4 is 0 Å². The smallest absolute Gasteiger partial charge is 0.272 e. The van der Waals surface area contributed by atoms with Gasteiger partial charge in [0.05, 0.1) is 18.6 Å². The predicted molar refractivity (Wildman–Crippen MR) is 98.2 cm³/mol. The van der Waals surface area contributed by atoms with E-state index in [1.54, 1.807) is 17.2 Å². The molecule has 1 fully saturated rings. The number of aromatic nitrogens is 7. The zero-order valence-electron chi connectivity index (χ0n) is 15.9. The standard InChI is InChI=1S/C18H24N8O/c1-13-10-15(24(3)22-13)18(27)26-7-4-14(5-8-26)17-21-20-16(23(17)2)11-25-9-6-19-12-25/h6,9-10,12,14H,4-5,7-8,11H2,1-3H3. The third-order valence-corrected chi connectivity index (χ3v) is 5.25. The molecule has 0 aliphatic carbocycles. The van der Waals surface area contributed by atoms with Crippen molar-refractivity contribution in [3.05, 3.63) is 47.8 Å². The third-order valence-electron chi connectivity index (χ3n) is 5.25. The lowest BCUT2D eigenvalue weighted by atomic mass is 9.95. The highest BCUT2D eigenvalue weighted by Gasteiger charge is 2.29. The van der Waals surface area contributed by atoms with E-state index in [9.17, 15) is 4.79 Å². The van der Waals surface area contributed by atoms with E-state index in [1.807, 2.05) is 42.7 Å². The van der Waals surface area contributed by atoms with Crippen LogP contribution in [-0.2, 0) is 20.6 Å². The molecule has 9 nitrogen and oxygen atoms in total. The number of carbonyl (C=O) groups is 1. The number of aryl methyl sites for hydroxylation is 2. The van der Waals surface area contributed by atoms with Crippen LogP contribution in [0.3, 0.4) is 0 Å². The van der Waals surface area contributed by atoms with E-state index in [1.165, 1.54) is 0 Å². The van der Waals surface area contributed by atoms with E-state index in [4.69, 9.17) is 0 Å². The van der Waals surface area contributed by atoms with Crippen molar-refractivity contribution in [3.63, 3.8) is 0 Å². The molecular formula is C18H24N8O. The molecule has 0 atom stereocenters. The minimum atomic E-state index is 0.0512. The average molecular weight is 368 g/mol. The molecule has 1 amide bonds. The minimum Gasteiger partial charge on any atom is -0.337 e. The van der Waals surface area contributed by atoms with Crippen molar-refractivity contribution < 1.29 is 4.79 Å². The second kappa shape index (κ2) is 6.98. The molecule has 27 heavy (non-hydrogen) atoms. The molecule has 1 aliphatic rings. The molecule has 0 saturated carbocycles. The number of nitrogens with zero attached hydrogens (tertiary/aromatic N) is 8. The van der Waals surface area contributed by atoms with Crippen LogP contribution in [0, 0.1) is 6.92 Å². The molecule has 0 bridgehead atoms. The van der Waals surface area contributed by atoms with Crippen LogP contribution >= 0.6 is 0 Å². The van der Waals surface area contributed by atoms with Crippen molar-refractivity contribution in [1.29, 1.82) is 0 Å². The Morgan fingerprint density at radius 2 is 2.00 bits per heavy atom. The Labute approximate surface area is 157 Å². The highest BCUT2D eigenvalue weighted by molar-refractivity contribution is 5.92. The molecule has 1 saturated heterocycles. The molecule has 3 aromatic rings. The van der Waals surface area contributed by atoms with Crippen LogP contribution in [-0.4, -0.2) is 58.0 Å². The van der Waals surface area contributed by atoms with Crippen LogP contribution in [0.25, 0.3) is 0 Å². The van der Waals surface area contributed by atoms with Gasteiger partial charge >= 0.3 is 0 Å². The summed E-state index contributed by atoms with van der Waals surface area (Å²) in [6.07, 6.45) is 7.23. The van der Waals surface area contributed by atoms with Crippen molar-refractivity contribution in [3.8, 4) is 0 Å². The molecule has 3 aromatic heterocycles. The fraction of sp³-hybridized carbons (Fsp3) is 0.500. The van der Waals surface area contributed by atoms with Crippen LogP contribution in [0.4, 0.5) is 0 Å². The van der Waals surface area contributed by atoms with Gasteiger partial charge in [0.25, 0.3) is 5.91 Å². The number of carbonyl (C=O) groups excluding carboxylic acids is 1. The highest BCUT2D eigenvalue weighted by Crippen LogP contribution is 2.27. The van der Waals surface area contributed by atoms with Crippen molar-refractivity contribution in [1.82, 2.24) is 39.0 Å². The SMILES string of the molecule is Cc1cc(C(=O)N2CCC(c3nnc(Cn4ccnc4)n3C)CC2)n(C)n1. The van der Waals surface area contributed by atoms with Crippen LogP contribution in [0.1, 0.15) is 46.6 Å². The molecule has 4 rings (SSSR count). The zero-order chi connectivity index (χ0) is 19.0. The second-order valence-electron chi connectivity index (χ2n) is 7.13. The van der Waals surface area contributed by atoms with Gasteiger partial charge in [-0.25, -0.2) is 4.98 Å². The van der Waals surface area contributed by atoms with E-state index in [-0.39, 0.29) is 5.91 Å². The molecule has 0 N–H and O–H groups in total. The monoisotopic (exact) mass is 368 g/mol. The third kappa shape index (κ3) is 3.36. The quantitative estimate of drug-likeness (QED) is 0.689. The Hall–Kier alpha value is -2.97. The minimum absolute atomic E-state index is 0.0512. The van der Waals surface area contributed by atoms with Gasteiger partial charge in [-0.2, -0.15) is 5.10 Å². The van der Waals surface area contributed by atoms with Crippen LogP contribution in [0.2, 0.25) is 0 Å². The number of hydrogen-bond acceptors (Lipinski definition) is 5. The van der Waals surface area contributed by atoms with E-state index < -0.39 is 0 Å². The molecule has 4 heterocycles. The first-order valence-corrected chi connectivity index (χ1v) is 9.16. The van der Waals surface area contributed by atoms with E-state index in [2.05, 4.69) is 24.8 Å². The summed E-state index contributed by atoms with van der Waals surface area (Å²) < 4.78 is 5.71. The van der Waals surface area contributed by atoms with Crippen molar-refractivity contribution in [2.24, 2.45) is 14.1 Å². The highest BCUT2D eigenvalue weighted by atomic mass is 16.2. The summed E-state index contributed by atoms with van der Waals surface area (Å²) in [6, 6.07) is 1.85. The van der Waals surface area contributed by atoms with Gasteiger partial charge < -0.3 is 14.0 Å². The number of hydrogen-bond donors (Lipinski definition) is 0. The van der Waals surface area contributed by atoms with Gasteiger partial charge in [-0.05, 0) is 25.8 Å². The Morgan fingerprint density at radius 1 is 1.22 bits per heavy atom. The Bertz CT molecular complexity index is 931. The van der Waals surface area contributed by atoms with Crippen molar-refractivity contribution in [2.75, 3.05) is 13.1 Å². The van der Waals surface area contributed by atoms with Gasteiger partial charge in [0.1, 0.15) is 11.5 Å². The largest absolute Gasteiger partial charge is 0.337 e. The van der Waals surface area contributed by atoms with Crippen LogP contribution in [0.15, 0.2) is 24.8 Å². The van der Waals surface area contributed by atoms with Gasteiger partial charge in [-0.1, -0.05) is 0 Å². The summed E-state index contributed by atoms with van der Waals surface area (Å²) in [5.41, 5.74) is 1.51. The van der Waals surface area contributed by atoms with Gasteiger partial charge in [-0.3, -0.25) is 9.48 Å². The lowest BCUT2D eigenvalue weighted by Gasteiger charge is -2.31. The Morgan fingerprint density at radius 3 is 2.63 bits per heavy atom. The molecule has 0 spiro atoms.